The second-order valence-electron chi connectivity index (χ2n) is 23.1. The standard InChI is InChI=1S/C68H130NO8P/c1-3-5-7-9-11-13-15-17-19-21-23-25-27-29-30-31-32-33-34-35-36-37-39-41-43-45-47-49-51-53-55-57-59-61-68(71)77-66(65-76-78(72,73)75-63-62-69)64-74-67(70)60-58-56-54-52-50-48-46-44-42-40-38-28-26-24-22-20-18-16-14-12-10-8-6-4-2/h15,17,21,23,27,29,66H,3-14,16,18-20,22,24-26,28,30-65,69H2,1-2H3,(H,72,73)/b17-15-,23-21-,29-27-. The second kappa shape index (κ2) is 64.4. The Morgan fingerprint density at radius 1 is 0.385 bits per heavy atom. The summed E-state index contributed by atoms with van der Waals surface area (Å²) in [5.74, 6) is -0.805. The molecule has 0 heterocycles. The van der Waals surface area contributed by atoms with E-state index in [4.69, 9.17) is 24.3 Å². The van der Waals surface area contributed by atoms with Gasteiger partial charge in [-0.15, -0.1) is 0 Å². The second-order valence-corrected chi connectivity index (χ2v) is 24.5. The molecule has 2 atom stereocenters. The van der Waals surface area contributed by atoms with Crippen LogP contribution in [0.3, 0.4) is 0 Å². The predicted molar refractivity (Wildman–Crippen MR) is 335 cm³/mol. The van der Waals surface area contributed by atoms with Crippen LogP contribution in [0.25, 0.3) is 0 Å². The molecule has 2 unspecified atom stereocenters. The van der Waals surface area contributed by atoms with Gasteiger partial charge in [0.1, 0.15) is 6.61 Å². The zero-order valence-corrected chi connectivity index (χ0v) is 52.6. The molecule has 0 aliphatic heterocycles. The average Bonchev–Trinajstić information content (AvgIpc) is 3.43. The highest BCUT2D eigenvalue weighted by Crippen LogP contribution is 2.43. The van der Waals surface area contributed by atoms with E-state index >= 15 is 0 Å². The van der Waals surface area contributed by atoms with E-state index in [1.807, 2.05) is 0 Å². The maximum absolute atomic E-state index is 12.8. The van der Waals surface area contributed by atoms with Crippen molar-refractivity contribution in [3.8, 4) is 0 Å². The van der Waals surface area contributed by atoms with E-state index in [1.54, 1.807) is 0 Å². The van der Waals surface area contributed by atoms with Crippen LogP contribution >= 0.6 is 7.82 Å². The van der Waals surface area contributed by atoms with Crippen molar-refractivity contribution in [2.24, 2.45) is 5.73 Å². The molecule has 0 rings (SSSR count). The molecule has 10 heteroatoms. The number of esters is 2. The van der Waals surface area contributed by atoms with Crippen LogP contribution in [0.15, 0.2) is 36.5 Å². The predicted octanol–water partition coefficient (Wildman–Crippen LogP) is 21.9. The van der Waals surface area contributed by atoms with Crippen molar-refractivity contribution in [2.75, 3.05) is 26.4 Å². The molecular formula is C68H130NO8P. The van der Waals surface area contributed by atoms with E-state index in [0.717, 1.165) is 44.9 Å². The molecule has 0 aromatic carbocycles. The number of phosphoric acid groups is 1. The number of nitrogens with two attached hydrogens (primary N) is 1. The van der Waals surface area contributed by atoms with E-state index < -0.39 is 26.5 Å². The molecule has 0 amide bonds. The molecule has 0 aliphatic carbocycles. The molecule has 0 aliphatic rings. The first-order valence-corrected chi connectivity index (χ1v) is 35.5. The highest BCUT2D eigenvalue weighted by atomic mass is 31.2. The number of unbranched alkanes of at least 4 members (excludes halogenated alkanes) is 46. The summed E-state index contributed by atoms with van der Waals surface area (Å²) in [5.41, 5.74) is 5.40. The first kappa shape index (κ1) is 76.2. The summed E-state index contributed by atoms with van der Waals surface area (Å²) >= 11 is 0. The van der Waals surface area contributed by atoms with Gasteiger partial charge in [-0.1, -0.05) is 326 Å². The average molecular weight is 1120 g/mol. The first-order valence-electron chi connectivity index (χ1n) is 34.0. The fourth-order valence-corrected chi connectivity index (χ4v) is 11.0. The lowest BCUT2D eigenvalue weighted by atomic mass is 10.0. The maximum atomic E-state index is 12.8. The van der Waals surface area contributed by atoms with Gasteiger partial charge in [-0.25, -0.2) is 4.57 Å². The summed E-state index contributed by atoms with van der Waals surface area (Å²) in [4.78, 5) is 35.3. The Hall–Kier alpha value is -1.77. The van der Waals surface area contributed by atoms with Crippen molar-refractivity contribution in [1.82, 2.24) is 0 Å². The molecule has 0 bridgehead atoms. The quantitative estimate of drug-likeness (QED) is 0.0264. The summed E-state index contributed by atoms with van der Waals surface area (Å²) in [7, 11) is -4.39. The Bertz CT molecular complexity index is 1370. The molecule has 0 aromatic heterocycles. The minimum Gasteiger partial charge on any atom is -0.462 e. The topological polar surface area (TPSA) is 134 Å². The number of allylic oxidation sites excluding steroid dienone is 6. The van der Waals surface area contributed by atoms with Crippen molar-refractivity contribution in [2.45, 2.75) is 360 Å². The van der Waals surface area contributed by atoms with Gasteiger partial charge in [0.2, 0.25) is 0 Å². The fourth-order valence-electron chi connectivity index (χ4n) is 10.2. The van der Waals surface area contributed by atoms with Gasteiger partial charge in [-0.05, 0) is 51.4 Å². The molecule has 0 saturated carbocycles. The van der Waals surface area contributed by atoms with Crippen LogP contribution in [-0.2, 0) is 32.7 Å². The number of ether oxygens (including phenoxy) is 2. The molecule has 460 valence electrons. The van der Waals surface area contributed by atoms with Crippen LogP contribution in [-0.4, -0.2) is 49.3 Å². The van der Waals surface area contributed by atoms with Crippen LogP contribution < -0.4 is 5.73 Å². The van der Waals surface area contributed by atoms with Gasteiger partial charge >= 0.3 is 19.8 Å². The third-order valence-electron chi connectivity index (χ3n) is 15.3. The molecule has 3 N–H and O–H groups in total. The lowest BCUT2D eigenvalue weighted by Crippen LogP contribution is -2.29. The summed E-state index contributed by atoms with van der Waals surface area (Å²) in [6.07, 6.45) is 79.5. The van der Waals surface area contributed by atoms with Crippen LogP contribution in [0.4, 0.5) is 0 Å². The van der Waals surface area contributed by atoms with Crippen molar-refractivity contribution < 1.29 is 37.6 Å². The molecule has 9 nitrogen and oxygen atoms in total. The number of hydrogen-bond donors (Lipinski definition) is 2. The lowest BCUT2D eigenvalue weighted by Gasteiger charge is -2.19. The molecule has 0 spiro atoms. The third kappa shape index (κ3) is 63.4. The first-order chi connectivity index (χ1) is 38.3. The number of carbonyl (C=O) groups is 2. The van der Waals surface area contributed by atoms with Crippen molar-refractivity contribution in [1.29, 1.82) is 0 Å². The van der Waals surface area contributed by atoms with Crippen LogP contribution in [0.2, 0.25) is 0 Å². The minimum atomic E-state index is -4.39. The highest BCUT2D eigenvalue weighted by Gasteiger charge is 2.26. The Balaban J connectivity index is 3.84. The molecule has 0 fully saturated rings. The van der Waals surface area contributed by atoms with Crippen molar-refractivity contribution >= 4 is 19.8 Å². The summed E-state index contributed by atoms with van der Waals surface area (Å²) < 4.78 is 33.2. The lowest BCUT2D eigenvalue weighted by molar-refractivity contribution is -0.161. The minimum absolute atomic E-state index is 0.0561. The van der Waals surface area contributed by atoms with E-state index in [-0.39, 0.29) is 38.6 Å². The van der Waals surface area contributed by atoms with Gasteiger partial charge in [0.25, 0.3) is 0 Å². The van der Waals surface area contributed by atoms with Gasteiger partial charge in [-0.3, -0.25) is 18.6 Å². The molecule has 0 saturated heterocycles. The number of hydrogen-bond acceptors (Lipinski definition) is 8. The monoisotopic (exact) mass is 1120 g/mol. The number of rotatable bonds is 65. The maximum Gasteiger partial charge on any atom is 0.472 e. The van der Waals surface area contributed by atoms with E-state index in [1.165, 1.54) is 276 Å². The summed E-state index contributed by atoms with van der Waals surface area (Å²) in [6, 6.07) is 0. The van der Waals surface area contributed by atoms with Gasteiger partial charge < -0.3 is 20.1 Å². The van der Waals surface area contributed by atoms with Crippen LogP contribution in [0, 0.1) is 0 Å². The molecule has 0 radical (unpaired) electrons. The van der Waals surface area contributed by atoms with Crippen molar-refractivity contribution in [3.63, 3.8) is 0 Å². The number of carbonyl (C=O) groups excluding carboxylic acids is 2. The van der Waals surface area contributed by atoms with Gasteiger partial charge in [0.15, 0.2) is 6.10 Å². The van der Waals surface area contributed by atoms with Crippen LogP contribution in [0.1, 0.15) is 354 Å². The zero-order valence-electron chi connectivity index (χ0n) is 51.7. The summed E-state index contributed by atoms with van der Waals surface area (Å²) in [6.45, 7) is 3.81. The SMILES string of the molecule is CCCCCCC/C=C\C/C=C\C/C=C\CCCCCCCCCCCCCCCCCCCCC(=O)OC(COC(=O)CCCCCCCCCCCCCCCCCCCCCCCCCC)COP(=O)(O)OCCN. The van der Waals surface area contributed by atoms with Gasteiger partial charge in [0.05, 0.1) is 13.2 Å². The Morgan fingerprint density at radius 3 is 0.987 bits per heavy atom. The number of phosphoric ester groups is 1. The van der Waals surface area contributed by atoms with E-state index in [0.29, 0.717) is 6.42 Å². The molecule has 78 heavy (non-hydrogen) atoms. The largest absolute Gasteiger partial charge is 0.472 e. The van der Waals surface area contributed by atoms with Crippen LogP contribution in [0.5, 0.6) is 0 Å². The third-order valence-corrected chi connectivity index (χ3v) is 16.3. The Morgan fingerprint density at radius 2 is 0.667 bits per heavy atom. The summed E-state index contributed by atoms with van der Waals surface area (Å²) in [5, 5.41) is 0. The van der Waals surface area contributed by atoms with E-state index in [2.05, 4.69) is 50.3 Å². The smallest absolute Gasteiger partial charge is 0.462 e. The normalized spacial score (nSPS) is 13.1. The molecular weight excluding hydrogens is 990 g/mol. The van der Waals surface area contributed by atoms with Gasteiger partial charge in [-0.2, -0.15) is 0 Å². The van der Waals surface area contributed by atoms with Crippen molar-refractivity contribution in [3.05, 3.63) is 36.5 Å². The Kier molecular flexibility index (Phi) is 62.9. The Labute approximate surface area is 484 Å². The highest BCUT2D eigenvalue weighted by molar-refractivity contribution is 7.47. The van der Waals surface area contributed by atoms with E-state index in [9.17, 15) is 19.0 Å². The zero-order chi connectivity index (χ0) is 56.6. The van der Waals surface area contributed by atoms with Gasteiger partial charge in [0, 0.05) is 19.4 Å². The fraction of sp³-hybridized carbons (Fsp3) is 0.882. The molecule has 0 aromatic rings.